The Balaban J connectivity index is 2.15. The summed E-state index contributed by atoms with van der Waals surface area (Å²) in [7, 11) is 4.13. The predicted molar refractivity (Wildman–Crippen MR) is 87.7 cm³/mol. The zero-order valence-corrected chi connectivity index (χ0v) is 13.5. The number of aryl methyl sites for hydroxylation is 1. The summed E-state index contributed by atoms with van der Waals surface area (Å²) >= 11 is 1.75. The van der Waals surface area contributed by atoms with Crippen molar-refractivity contribution in [2.75, 3.05) is 25.5 Å². The van der Waals surface area contributed by atoms with Crippen molar-refractivity contribution in [3.8, 4) is 0 Å². The predicted octanol–water partition coefficient (Wildman–Crippen LogP) is 3.41. The van der Waals surface area contributed by atoms with E-state index in [1.807, 2.05) is 6.92 Å². The lowest BCUT2D eigenvalue weighted by Crippen LogP contribution is -2.23. The fourth-order valence-electron chi connectivity index (χ4n) is 2.23. The van der Waals surface area contributed by atoms with Crippen molar-refractivity contribution in [1.82, 2.24) is 10.3 Å². The molecule has 3 nitrogen and oxygen atoms in total. The standard InChI is InChI=1S/C16H23N3S/c1-5-17-15(10-16-18-12(2)11-20-16)13-6-8-14(9-7-13)19(3)4/h6-9,11,15,17H,5,10H2,1-4H3. The summed E-state index contributed by atoms with van der Waals surface area (Å²) in [6.07, 6.45) is 0.952. The van der Waals surface area contributed by atoms with Crippen LogP contribution in [0, 0.1) is 6.92 Å². The highest BCUT2D eigenvalue weighted by molar-refractivity contribution is 7.09. The molecule has 0 bridgehead atoms. The Morgan fingerprint density at radius 1 is 1.25 bits per heavy atom. The van der Waals surface area contributed by atoms with Crippen molar-refractivity contribution < 1.29 is 0 Å². The Bertz CT molecular complexity index is 531. The molecular weight excluding hydrogens is 266 g/mol. The molecule has 4 heteroatoms. The molecule has 1 aromatic heterocycles. The van der Waals surface area contributed by atoms with Gasteiger partial charge in [-0.3, -0.25) is 0 Å². The molecule has 0 aliphatic carbocycles. The second-order valence-corrected chi connectivity index (χ2v) is 6.13. The number of anilines is 1. The van der Waals surface area contributed by atoms with E-state index in [2.05, 4.69) is 65.9 Å². The van der Waals surface area contributed by atoms with Gasteiger partial charge in [-0.15, -0.1) is 11.3 Å². The molecular formula is C16H23N3S. The van der Waals surface area contributed by atoms with Crippen LogP contribution in [0.3, 0.4) is 0 Å². The maximum absolute atomic E-state index is 4.57. The molecule has 0 aliphatic heterocycles. The SMILES string of the molecule is CCNC(Cc1nc(C)cs1)c1ccc(N(C)C)cc1. The Hall–Kier alpha value is -1.39. The van der Waals surface area contributed by atoms with Crippen LogP contribution < -0.4 is 10.2 Å². The highest BCUT2D eigenvalue weighted by atomic mass is 32.1. The third-order valence-electron chi connectivity index (χ3n) is 3.31. The maximum Gasteiger partial charge on any atom is 0.0947 e. The molecule has 1 atom stereocenters. The van der Waals surface area contributed by atoms with Crippen molar-refractivity contribution in [2.24, 2.45) is 0 Å². The number of nitrogens with one attached hydrogen (secondary N) is 1. The van der Waals surface area contributed by atoms with Gasteiger partial charge in [-0.25, -0.2) is 4.98 Å². The van der Waals surface area contributed by atoms with E-state index in [-0.39, 0.29) is 0 Å². The molecule has 0 spiro atoms. The quantitative estimate of drug-likeness (QED) is 0.883. The highest BCUT2D eigenvalue weighted by Gasteiger charge is 2.13. The lowest BCUT2D eigenvalue weighted by Gasteiger charge is -2.19. The van der Waals surface area contributed by atoms with Crippen LogP contribution in [0.2, 0.25) is 0 Å². The zero-order valence-electron chi connectivity index (χ0n) is 12.7. The molecule has 1 heterocycles. The third kappa shape index (κ3) is 3.81. The van der Waals surface area contributed by atoms with E-state index in [1.54, 1.807) is 11.3 Å². The average Bonchev–Trinajstić information content (AvgIpc) is 2.84. The molecule has 0 saturated heterocycles. The molecule has 1 unspecified atom stereocenters. The van der Waals surface area contributed by atoms with Crippen molar-refractivity contribution in [3.63, 3.8) is 0 Å². The number of rotatable bonds is 6. The first-order valence-electron chi connectivity index (χ1n) is 7.01. The normalized spacial score (nSPS) is 12.4. The first-order chi connectivity index (χ1) is 9.60. The first kappa shape index (κ1) is 15.0. The van der Waals surface area contributed by atoms with Gasteiger partial charge in [-0.05, 0) is 31.2 Å². The molecule has 1 aromatic carbocycles. The lowest BCUT2D eigenvalue weighted by atomic mass is 10.0. The van der Waals surface area contributed by atoms with Gasteiger partial charge in [-0.2, -0.15) is 0 Å². The van der Waals surface area contributed by atoms with Gasteiger partial charge < -0.3 is 10.2 Å². The van der Waals surface area contributed by atoms with E-state index in [0.717, 1.165) is 18.7 Å². The van der Waals surface area contributed by atoms with Crippen molar-refractivity contribution in [1.29, 1.82) is 0 Å². The van der Waals surface area contributed by atoms with E-state index >= 15 is 0 Å². The van der Waals surface area contributed by atoms with E-state index in [1.165, 1.54) is 16.3 Å². The molecule has 0 saturated carbocycles. The lowest BCUT2D eigenvalue weighted by molar-refractivity contribution is 0.548. The second kappa shape index (κ2) is 6.86. The summed E-state index contributed by atoms with van der Waals surface area (Å²) in [6, 6.07) is 9.10. The van der Waals surface area contributed by atoms with Crippen LogP contribution in [0.4, 0.5) is 5.69 Å². The minimum Gasteiger partial charge on any atom is -0.378 e. The van der Waals surface area contributed by atoms with Gasteiger partial charge in [-0.1, -0.05) is 19.1 Å². The largest absolute Gasteiger partial charge is 0.378 e. The fourth-order valence-corrected chi connectivity index (χ4v) is 3.05. The number of hydrogen-bond donors (Lipinski definition) is 1. The smallest absolute Gasteiger partial charge is 0.0947 e. The molecule has 0 radical (unpaired) electrons. The topological polar surface area (TPSA) is 28.2 Å². The van der Waals surface area contributed by atoms with Gasteiger partial charge >= 0.3 is 0 Å². The number of benzene rings is 1. The third-order valence-corrected chi connectivity index (χ3v) is 4.30. The molecule has 108 valence electrons. The minimum atomic E-state index is 0.335. The molecule has 20 heavy (non-hydrogen) atoms. The van der Waals surface area contributed by atoms with E-state index < -0.39 is 0 Å². The molecule has 0 aliphatic rings. The zero-order chi connectivity index (χ0) is 14.5. The van der Waals surface area contributed by atoms with Crippen molar-refractivity contribution >= 4 is 17.0 Å². The first-order valence-corrected chi connectivity index (χ1v) is 7.89. The van der Waals surface area contributed by atoms with E-state index in [0.29, 0.717) is 6.04 Å². The number of thiazole rings is 1. The fraction of sp³-hybridized carbons (Fsp3) is 0.438. The molecule has 0 amide bonds. The van der Waals surface area contributed by atoms with Gasteiger partial charge in [0.15, 0.2) is 0 Å². The van der Waals surface area contributed by atoms with Crippen LogP contribution in [0.25, 0.3) is 0 Å². The van der Waals surface area contributed by atoms with Crippen LogP contribution >= 0.6 is 11.3 Å². The number of likely N-dealkylation sites (N-methyl/N-ethyl adjacent to an activating group) is 1. The van der Waals surface area contributed by atoms with Crippen LogP contribution in [0.5, 0.6) is 0 Å². The molecule has 1 N–H and O–H groups in total. The number of nitrogens with zero attached hydrogens (tertiary/aromatic N) is 2. The Morgan fingerprint density at radius 2 is 1.95 bits per heavy atom. The summed E-state index contributed by atoms with van der Waals surface area (Å²) in [5.41, 5.74) is 3.67. The maximum atomic E-state index is 4.57. The van der Waals surface area contributed by atoms with Gasteiger partial charge in [0.2, 0.25) is 0 Å². The second-order valence-electron chi connectivity index (χ2n) is 5.18. The number of aromatic nitrogens is 1. The Kier molecular flexibility index (Phi) is 5.15. The number of hydrogen-bond acceptors (Lipinski definition) is 4. The molecule has 2 rings (SSSR count). The van der Waals surface area contributed by atoms with Crippen LogP contribution in [-0.2, 0) is 6.42 Å². The van der Waals surface area contributed by atoms with Crippen LogP contribution in [0.1, 0.15) is 29.2 Å². The highest BCUT2D eigenvalue weighted by Crippen LogP contribution is 2.23. The van der Waals surface area contributed by atoms with Crippen molar-refractivity contribution in [3.05, 3.63) is 45.9 Å². The summed E-state index contributed by atoms with van der Waals surface area (Å²) in [6.45, 7) is 5.16. The van der Waals surface area contributed by atoms with Gasteiger partial charge in [0.25, 0.3) is 0 Å². The minimum absolute atomic E-state index is 0.335. The van der Waals surface area contributed by atoms with Gasteiger partial charge in [0.1, 0.15) is 0 Å². The van der Waals surface area contributed by atoms with E-state index in [9.17, 15) is 0 Å². The van der Waals surface area contributed by atoms with Gasteiger partial charge in [0.05, 0.1) is 5.01 Å². The monoisotopic (exact) mass is 289 g/mol. The van der Waals surface area contributed by atoms with Crippen LogP contribution in [0.15, 0.2) is 29.6 Å². The summed E-state index contributed by atoms with van der Waals surface area (Å²) < 4.78 is 0. The van der Waals surface area contributed by atoms with Crippen LogP contribution in [-0.4, -0.2) is 25.6 Å². The average molecular weight is 289 g/mol. The summed E-state index contributed by atoms with van der Waals surface area (Å²) in [5.74, 6) is 0. The Labute approximate surface area is 125 Å². The van der Waals surface area contributed by atoms with Crippen molar-refractivity contribution in [2.45, 2.75) is 26.3 Å². The summed E-state index contributed by atoms with van der Waals surface area (Å²) in [5, 5.41) is 6.88. The summed E-state index contributed by atoms with van der Waals surface area (Å²) in [4.78, 5) is 6.70. The van der Waals surface area contributed by atoms with Gasteiger partial charge in [0, 0.05) is 43.3 Å². The molecule has 2 aromatic rings. The Morgan fingerprint density at radius 3 is 2.45 bits per heavy atom. The molecule has 0 fully saturated rings. The van der Waals surface area contributed by atoms with E-state index in [4.69, 9.17) is 0 Å².